The van der Waals surface area contributed by atoms with Crippen LogP contribution in [0.5, 0.6) is 0 Å². The Hall–Kier alpha value is -0.923. The van der Waals surface area contributed by atoms with E-state index in [9.17, 15) is 4.79 Å². The molecule has 0 amide bonds. The number of carboxylic acids is 1. The van der Waals surface area contributed by atoms with Gasteiger partial charge in [-0.15, -0.1) is 11.6 Å². The number of halogens is 1. The van der Waals surface area contributed by atoms with Crippen LogP contribution >= 0.6 is 11.6 Å². The number of hydrogen-bond donors (Lipinski definition) is 2. The second kappa shape index (κ2) is 13.7. The monoisotopic (exact) mass is 347 g/mol. The molecule has 0 saturated heterocycles. The molecule has 0 aromatic heterocycles. The van der Waals surface area contributed by atoms with Crippen LogP contribution in [0.15, 0.2) is 30.3 Å². The molecule has 5 nitrogen and oxygen atoms in total. The predicted molar refractivity (Wildman–Crippen MR) is 92.3 cm³/mol. The molecule has 0 fully saturated rings. The van der Waals surface area contributed by atoms with Gasteiger partial charge in [0.15, 0.2) is 0 Å². The third-order valence-electron chi connectivity index (χ3n) is 2.96. The van der Waals surface area contributed by atoms with Crippen LogP contribution < -0.4 is 5.73 Å². The van der Waals surface area contributed by atoms with Crippen molar-refractivity contribution < 1.29 is 19.4 Å². The van der Waals surface area contributed by atoms with Gasteiger partial charge in [0.2, 0.25) is 0 Å². The molecule has 0 spiro atoms. The first kappa shape index (κ1) is 21.1. The van der Waals surface area contributed by atoms with Gasteiger partial charge >= 0.3 is 5.97 Å². The van der Waals surface area contributed by atoms with Gasteiger partial charge in [0.25, 0.3) is 0 Å². The maximum Gasteiger partial charge on any atom is 0.320 e. The van der Waals surface area contributed by atoms with Gasteiger partial charge in [-0.05, 0) is 18.4 Å². The van der Waals surface area contributed by atoms with Gasteiger partial charge in [0.1, 0.15) is 12.0 Å². The van der Waals surface area contributed by atoms with Crippen LogP contribution in [0.25, 0.3) is 0 Å². The molecule has 3 N–H and O–H groups in total. The summed E-state index contributed by atoms with van der Waals surface area (Å²) >= 11 is 5.51. The fraction of sp³-hybridized carbons (Fsp3) is 0.533. The van der Waals surface area contributed by atoms with Crippen LogP contribution in [0, 0.1) is 0 Å². The summed E-state index contributed by atoms with van der Waals surface area (Å²) < 4.78 is 10.1. The van der Waals surface area contributed by atoms with Gasteiger partial charge in [0, 0.05) is 20.1 Å². The number of methoxy groups -OCH3 is 2. The third kappa shape index (κ3) is 10.8. The zero-order valence-electron chi connectivity index (χ0n) is 13.2. The molecule has 1 aromatic carbocycles. The number of nitrogens with two attached hydrogens (primary N) is 1. The number of rotatable bonds is 9. The van der Waals surface area contributed by atoms with Gasteiger partial charge < -0.3 is 20.3 Å². The number of ether oxygens (including phenoxy) is 2. The number of hydrogen-bond acceptors (Lipinski definition) is 4. The average Bonchev–Trinajstić information content (AvgIpc) is 2.53. The molecular weight excluding hydrogens is 322 g/mol. The lowest BCUT2D eigenvalue weighted by Crippen LogP contribution is -2.32. The molecule has 1 aromatic rings. The molecule has 1 rings (SSSR count). The van der Waals surface area contributed by atoms with E-state index < -0.39 is 12.0 Å². The molecule has 0 aliphatic heterocycles. The Bertz CT molecular complexity index is 390. The first-order valence-corrected chi connectivity index (χ1v) is 9.54. The van der Waals surface area contributed by atoms with E-state index in [1.54, 1.807) is 14.2 Å². The highest BCUT2D eigenvalue weighted by Gasteiger charge is 2.10. The van der Waals surface area contributed by atoms with Crippen LogP contribution in [-0.2, 0) is 20.7 Å². The fourth-order valence-corrected chi connectivity index (χ4v) is 3.54. The number of alkyl halides is 1. The minimum atomic E-state index is -0.959. The number of benzene rings is 1. The minimum absolute atomic E-state index is 0.0863. The van der Waals surface area contributed by atoms with E-state index in [-0.39, 0.29) is 15.4 Å². The molecular formula is C15H26ClNO4Si. The van der Waals surface area contributed by atoms with Crippen molar-refractivity contribution in [1.82, 2.24) is 0 Å². The molecule has 7 heteroatoms. The minimum Gasteiger partial charge on any atom is -0.480 e. The van der Waals surface area contributed by atoms with Crippen molar-refractivity contribution in [2.75, 3.05) is 20.1 Å². The van der Waals surface area contributed by atoms with Crippen molar-refractivity contribution in [3.8, 4) is 0 Å². The Morgan fingerprint density at radius 2 is 1.91 bits per heavy atom. The zero-order valence-corrected chi connectivity index (χ0v) is 15.4. The predicted octanol–water partition coefficient (Wildman–Crippen LogP) is 1.42. The van der Waals surface area contributed by atoms with Crippen LogP contribution in [0.2, 0.25) is 6.04 Å². The van der Waals surface area contributed by atoms with Crippen molar-refractivity contribution in [3.05, 3.63) is 35.9 Å². The van der Waals surface area contributed by atoms with E-state index in [2.05, 4.69) is 0 Å². The standard InChI is InChI=1S/C9H11NO2.C6H15ClO2Si/c10-8(9(11)12)6-7-4-2-1-3-5-7;1-8-6(9-2)10-5-3-4-7/h1-5,8H,6,10H2,(H,11,12);6H,3-5,10H2,1-2H3. The lowest BCUT2D eigenvalue weighted by Gasteiger charge is -2.11. The number of carboxylic acid groups (broad SMARTS) is 1. The van der Waals surface area contributed by atoms with Gasteiger partial charge in [-0.2, -0.15) is 0 Å². The molecule has 1 unspecified atom stereocenters. The van der Waals surface area contributed by atoms with E-state index in [0.29, 0.717) is 6.42 Å². The van der Waals surface area contributed by atoms with Gasteiger partial charge in [-0.3, -0.25) is 4.79 Å². The Labute approximate surface area is 139 Å². The summed E-state index contributed by atoms with van der Waals surface area (Å²) in [4.78, 5) is 10.4. The van der Waals surface area contributed by atoms with Crippen molar-refractivity contribution in [1.29, 1.82) is 0 Å². The SMILES string of the molecule is COC(OC)[SiH2]CCCCl.NC(Cc1ccccc1)C(=O)O. The summed E-state index contributed by atoms with van der Waals surface area (Å²) in [6.07, 6.45) is 1.48. The quantitative estimate of drug-likeness (QED) is 0.305. The van der Waals surface area contributed by atoms with Crippen LogP contribution in [0.1, 0.15) is 12.0 Å². The highest BCUT2D eigenvalue weighted by atomic mass is 35.5. The van der Waals surface area contributed by atoms with Gasteiger partial charge in [-0.25, -0.2) is 0 Å². The van der Waals surface area contributed by atoms with E-state index in [1.807, 2.05) is 30.3 Å². The van der Waals surface area contributed by atoms with E-state index in [4.69, 9.17) is 31.9 Å². The molecule has 0 aliphatic carbocycles. The molecule has 0 aliphatic rings. The number of carbonyl (C=O) groups is 1. The summed E-state index contributed by atoms with van der Waals surface area (Å²) in [6, 6.07) is 9.75. The first-order valence-electron chi connectivity index (χ1n) is 7.19. The second-order valence-corrected chi connectivity index (χ2v) is 7.05. The lowest BCUT2D eigenvalue weighted by molar-refractivity contribution is -0.138. The summed E-state index contributed by atoms with van der Waals surface area (Å²) in [7, 11) is 3.15. The highest BCUT2D eigenvalue weighted by molar-refractivity contribution is 6.36. The molecule has 0 radical (unpaired) electrons. The van der Waals surface area contributed by atoms with E-state index in [0.717, 1.165) is 17.9 Å². The molecule has 1 atom stereocenters. The van der Waals surface area contributed by atoms with Crippen molar-refractivity contribution in [2.45, 2.75) is 30.8 Å². The molecule has 0 heterocycles. The summed E-state index contributed by atoms with van der Waals surface area (Å²) in [5.74, 6) is -0.116. The second-order valence-electron chi connectivity index (χ2n) is 4.72. The normalized spacial score (nSPS) is 12.2. The smallest absolute Gasteiger partial charge is 0.320 e. The molecule has 0 saturated carbocycles. The molecule has 126 valence electrons. The maximum atomic E-state index is 10.4. The lowest BCUT2D eigenvalue weighted by atomic mass is 10.1. The summed E-state index contributed by atoms with van der Waals surface area (Å²) in [5, 5.41) is 8.52. The largest absolute Gasteiger partial charge is 0.480 e. The van der Waals surface area contributed by atoms with Crippen LogP contribution in [-0.4, -0.2) is 52.7 Å². The Morgan fingerprint density at radius 3 is 2.36 bits per heavy atom. The molecule has 0 bridgehead atoms. The van der Waals surface area contributed by atoms with Gasteiger partial charge in [-0.1, -0.05) is 36.4 Å². The zero-order chi connectivity index (χ0) is 16.8. The van der Waals surface area contributed by atoms with Crippen LogP contribution in [0.3, 0.4) is 0 Å². The Balaban J connectivity index is 0.000000409. The molecule has 22 heavy (non-hydrogen) atoms. The fourth-order valence-electron chi connectivity index (χ4n) is 1.69. The van der Waals surface area contributed by atoms with E-state index >= 15 is 0 Å². The maximum absolute atomic E-state index is 10.4. The highest BCUT2D eigenvalue weighted by Crippen LogP contribution is 2.01. The summed E-state index contributed by atoms with van der Waals surface area (Å²) in [6.45, 7) is 0. The van der Waals surface area contributed by atoms with E-state index in [1.165, 1.54) is 6.04 Å². The third-order valence-corrected chi connectivity index (χ3v) is 5.28. The van der Waals surface area contributed by atoms with Gasteiger partial charge in [0.05, 0.1) is 9.52 Å². The number of aliphatic carboxylic acids is 1. The Kier molecular flexibility index (Phi) is 13.1. The topological polar surface area (TPSA) is 81.8 Å². The first-order chi connectivity index (χ1) is 10.5. The van der Waals surface area contributed by atoms with Crippen LogP contribution in [0.4, 0.5) is 0 Å². The van der Waals surface area contributed by atoms with Crippen molar-refractivity contribution in [3.63, 3.8) is 0 Å². The van der Waals surface area contributed by atoms with Crippen molar-refractivity contribution >= 4 is 27.1 Å². The Morgan fingerprint density at radius 1 is 1.32 bits per heavy atom. The summed E-state index contributed by atoms with van der Waals surface area (Å²) in [5.41, 5.74) is 6.30. The average molecular weight is 348 g/mol. The van der Waals surface area contributed by atoms with Crippen molar-refractivity contribution in [2.24, 2.45) is 5.73 Å².